The van der Waals surface area contributed by atoms with Crippen molar-refractivity contribution >= 4 is 33.4 Å². The third-order valence-electron chi connectivity index (χ3n) is 10.6. The van der Waals surface area contributed by atoms with Crippen molar-refractivity contribution in [3.8, 4) is 0 Å². The molecule has 1 aliphatic heterocycles. The first-order chi connectivity index (χ1) is 32.4. The van der Waals surface area contributed by atoms with E-state index in [1.54, 1.807) is 6.92 Å². The van der Waals surface area contributed by atoms with Gasteiger partial charge in [0.15, 0.2) is 12.3 Å². The highest BCUT2D eigenvalue weighted by atomic mass is 31.3. The second-order valence-electron chi connectivity index (χ2n) is 17.4. The van der Waals surface area contributed by atoms with Gasteiger partial charge in [0.25, 0.3) is 0 Å². The van der Waals surface area contributed by atoms with E-state index in [2.05, 4.69) is 53.5 Å². The molecule has 2 unspecified atom stereocenters. The third kappa shape index (κ3) is 29.0. The largest absolute Gasteiger partial charge is 0.481 e. The number of nitrogens with two attached hydrogens (primary N) is 1. The van der Waals surface area contributed by atoms with Crippen LogP contribution in [0.3, 0.4) is 0 Å². The maximum Gasteiger partial charge on any atom is 0.481 e. The third-order valence-corrected chi connectivity index (χ3v) is 13.2. The molecule has 1 aromatic heterocycles. The first kappa shape index (κ1) is 60.8. The lowest BCUT2D eigenvalue weighted by molar-refractivity contribution is -0.161. The zero-order valence-corrected chi connectivity index (χ0v) is 42.0. The number of carbonyl (C=O) groups is 2. The summed E-state index contributed by atoms with van der Waals surface area (Å²) in [7, 11) is -10.9. The van der Waals surface area contributed by atoms with Gasteiger partial charge in [-0.2, -0.15) is 9.29 Å². The molecule has 1 aliphatic rings. The molecular formula is C47H79N3O16P2. The van der Waals surface area contributed by atoms with E-state index in [9.17, 15) is 48.6 Å². The number of hydrogen-bond acceptors (Lipinski definition) is 16. The number of nitrogen functional groups attached to an aromatic ring is 1. The standard InChI is InChI=1S/C47H79N3O16P2/c1-37(2)28-24-20-16-12-11-15-18-22-26-30-42(52)61-34-39(64-43(53)31-27-23-19-14-10-8-6-4-5-7-9-13-17-21-25-29-38(3)51)35-62-67(57,58)66-68(59,60)63-36-40-44(54)45(55)46(65-40)50-33-32-41(48)49-47(50)56/h5-8,13-14,17,19,32-33,37-40,44-46,51,54-55H,4,9-12,15-16,18,20-31,34-36H2,1-3H3,(H,57,58)(H,59,60)(H2,48,49,56)/b7-5-,8-6-,17-13-,19-14-/t38-,39+,40+,44+,45+,46+/m0/s1. The maximum atomic E-state index is 12.8. The Morgan fingerprint density at radius 1 is 0.750 bits per heavy atom. The molecule has 0 aromatic carbocycles. The molecule has 1 fully saturated rings. The highest BCUT2D eigenvalue weighted by Gasteiger charge is 2.46. The molecule has 0 saturated carbocycles. The fraction of sp³-hybridized carbons (Fsp3) is 0.702. The lowest BCUT2D eigenvalue weighted by Crippen LogP contribution is -2.36. The van der Waals surface area contributed by atoms with Crippen LogP contribution in [0.15, 0.2) is 65.7 Å². The maximum absolute atomic E-state index is 12.8. The number of rotatable bonds is 38. The number of phosphoric ester groups is 2. The number of nitrogens with zero attached hydrogens (tertiary/aromatic N) is 2. The predicted octanol–water partition coefficient (Wildman–Crippen LogP) is 8.21. The van der Waals surface area contributed by atoms with Crippen LogP contribution in [0.1, 0.15) is 155 Å². The van der Waals surface area contributed by atoms with Crippen molar-refractivity contribution in [2.75, 3.05) is 25.6 Å². The summed E-state index contributed by atoms with van der Waals surface area (Å²) in [5.74, 6) is -0.655. The van der Waals surface area contributed by atoms with E-state index in [-0.39, 0.29) is 24.8 Å². The van der Waals surface area contributed by atoms with Crippen LogP contribution in [0.25, 0.3) is 0 Å². The van der Waals surface area contributed by atoms with E-state index >= 15 is 0 Å². The molecule has 8 atom stereocenters. The summed E-state index contributed by atoms with van der Waals surface area (Å²) >= 11 is 0. The smallest absolute Gasteiger partial charge is 0.462 e. The van der Waals surface area contributed by atoms with Crippen LogP contribution >= 0.6 is 15.6 Å². The molecule has 0 radical (unpaired) electrons. The second-order valence-corrected chi connectivity index (χ2v) is 20.4. The van der Waals surface area contributed by atoms with Crippen molar-refractivity contribution in [3.63, 3.8) is 0 Å². The Kier molecular flexibility index (Phi) is 31.2. The number of anilines is 1. The van der Waals surface area contributed by atoms with E-state index in [0.29, 0.717) is 25.7 Å². The fourth-order valence-corrected chi connectivity index (χ4v) is 8.97. The molecule has 0 spiro atoms. The van der Waals surface area contributed by atoms with Gasteiger partial charge in [-0.1, -0.05) is 120 Å². The average Bonchev–Trinajstić information content (AvgIpc) is 3.55. The van der Waals surface area contributed by atoms with Crippen molar-refractivity contribution in [2.24, 2.45) is 5.92 Å². The molecule has 19 nitrogen and oxygen atoms in total. The number of unbranched alkanes of at least 4 members (excludes halogenated alkanes) is 10. The number of ether oxygens (including phenoxy) is 3. The predicted molar refractivity (Wildman–Crippen MR) is 258 cm³/mol. The molecule has 388 valence electrons. The van der Waals surface area contributed by atoms with Crippen molar-refractivity contribution in [1.29, 1.82) is 0 Å². The van der Waals surface area contributed by atoms with Gasteiger partial charge in [-0.15, -0.1) is 0 Å². The summed E-state index contributed by atoms with van der Waals surface area (Å²) in [5, 5.41) is 30.2. The number of esters is 2. The Balaban J connectivity index is 1.84. The van der Waals surface area contributed by atoms with Gasteiger partial charge >= 0.3 is 33.3 Å². The van der Waals surface area contributed by atoms with Gasteiger partial charge in [-0.3, -0.25) is 23.2 Å². The highest BCUT2D eigenvalue weighted by molar-refractivity contribution is 7.61. The van der Waals surface area contributed by atoms with Gasteiger partial charge in [0.05, 0.1) is 19.3 Å². The topological polar surface area (TPSA) is 286 Å². The van der Waals surface area contributed by atoms with E-state index in [1.807, 2.05) is 18.2 Å². The number of aliphatic hydroxyl groups is 3. The summed E-state index contributed by atoms with van der Waals surface area (Å²) in [4.78, 5) is 61.7. The molecule has 0 aliphatic carbocycles. The van der Waals surface area contributed by atoms with Crippen molar-refractivity contribution in [3.05, 3.63) is 71.4 Å². The zero-order chi connectivity index (χ0) is 50.2. The number of aliphatic hydroxyl groups excluding tert-OH is 3. The van der Waals surface area contributed by atoms with Crippen LogP contribution in [0.4, 0.5) is 5.82 Å². The lowest BCUT2D eigenvalue weighted by Gasteiger charge is -2.21. The van der Waals surface area contributed by atoms with Crippen LogP contribution in [-0.2, 0) is 46.3 Å². The Labute approximate surface area is 402 Å². The van der Waals surface area contributed by atoms with Crippen LogP contribution < -0.4 is 11.4 Å². The summed E-state index contributed by atoms with van der Waals surface area (Å²) in [6.07, 6.45) is 26.5. The van der Waals surface area contributed by atoms with Gasteiger partial charge in [-0.25, -0.2) is 13.9 Å². The summed E-state index contributed by atoms with van der Waals surface area (Å²) in [5.41, 5.74) is 4.57. The summed E-state index contributed by atoms with van der Waals surface area (Å²) < 4.78 is 56.6. The lowest BCUT2D eigenvalue weighted by atomic mass is 10.0. The highest BCUT2D eigenvalue weighted by Crippen LogP contribution is 2.60. The van der Waals surface area contributed by atoms with Crippen LogP contribution in [-0.4, -0.2) is 96.9 Å². The number of hydrogen-bond donors (Lipinski definition) is 6. The van der Waals surface area contributed by atoms with E-state index in [1.165, 1.54) is 38.2 Å². The molecule has 2 heterocycles. The zero-order valence-electron chi connectivity index (χ0n) is 40.2. The minimum absolute atomic E-state index is 0.0382. The van der Waals surface area contributed by atoms with Crippen molar-refractivity contribution < 1.29 is 71.4 Å². The van der Waals surface area contributed by atoms with Crippen LogP contribution in [0, 0.1) is 5.92 Å². The minimum atomic E-state index is -5.44. The molecule has 1 saturated heterocycles. The molecule has 0 amide bonds. The second kappa shape index (κ2) is 34.9. The Morgan fingerprint density at radius 2 is 1.29 bits per heavy atom. The first-order valence-corrected chi connectivity index (χ1v) is 27.0. The number of carbonyl (C=O) groups excluding carboxylic acids is 2. The Bertz CT molecular complexity index is 1860. The van der Waals surface area contributed by atoms with Gasteiger partial charge in [0.2, 0.25) is 0 Å². The molecular weight excluding hydrogens is 924 g/mol. The molecule has 7 N–H and O–H groups in total. The van der Waals surface area contributed by atoms with E-state index in [4.69, 9.17) is 29.0 Å². The van der Waals surface area contributed by atoms with Crippen LogP contribution in [0.2, 0.25) is 0 Å². The van der Waals surface area contributed by atoms with Crippen molar-refractivity contribution in [2.45, 2.75) is 186 Å². The Morgan fingerprint density at radius 3 is 1.88 bits per heavy atom. The quantitative estimate of drug-likeness (QED) is 0.0157. The summed E-state index contributed by atoms with van der Waals surface area (Å²) in [6.45, 7) is 3.90. The minimum Gasteiger partial charge on any atom is -0.462 e. The van der Waals surface area contributed by atoms with Gasteiger partial charge < -0.3 is 45.1 Å². The van der Waals surface area contributed by atoms with E-state index in [0.717, 1.165) is 74.5 Å². The van der Waals surface area contributed by atoms with Gasteiger partial charge in [-0.05, 0) is 76.7 Å². The number of aromatic nitrogens is 2. The normalized spacial score (nSPS) is 20.4. The number of allylic oxidation sites excluding steroid dienone is 8. The molecule has 1 aromatic rings. The van der Waals surface area contributed by atoms with Crippen LogP contribution in [0.5, 0.6) is 0 Å². The molecule has 0 bridgehead atoms. The van der Waals surface area contributed by atoms with E-state index < -0.39 is 83.7 Å². The molecule has 21 heteroatoms. The Hall–Kier alpha value is -3.32. The average molecular weight is 1000 g/mol. The van der Waals surface area contributed by atoms with Gasteiger partial charge in [0.1, 0.15) is 30.7 Å². The summed E-state index contributed by atoms with van der Waals surface area (Å²) in [6, 6.07) is 1.24. The molecule has 2 rings (SSSR count). The fourth-order valence-electron chi connectivity index (χ4n) is 6.86. The number of phosphoric acid groups is 2. The molecule has 68 heavy (non-hydrogen) atoms. The first-order valence-electron chi connectivity index (χ1n) is 24.0. The van der Waals surface area contributed by atoms with Crippen molar-refractivity contribution in [1.82, 2.24) is 9.55 Å². The SMILES string of the molecule is CC(C)CCCCCCCCCCCC(=O)OC[C@H](COP(=O)(O)OP(=O)(O)OC[C@H]1O[C@@H](n2ccc(N)nc2=O)[C@H](O)[C@@H]1O)OC(=O)CCC/C=C\C/C=C\C/C=C\C/C=C\CCC[C@H](C)O. The van der Waals surface area contributed by atoms with Gasteiger partial charge in [0, 0.05) is 19.0 Å². The monoisotopic (exact) mass is 1000 g/mol.